The minimum Gasteiger partial charge on any atom is -0.480 e. The van der Waals surface area contributed by atoms with Gasteiger partial charge in [0.25, 0.3) is 0 Å². The molecule has 0 spiro atoms. The molecule has 0 atom stereocenters. The predicted octanol–water partition coefficient (Wildman–Crippen LogP) is 1.19. The Morgan fingerprint density at radius 3 is 2.71 bits per heavy atom. The van der Waals surface area contributed by atoms with Gasteiger partial charge in [0.05, 0.1) is 6.26 Å². The van der Waals surface area contributed by atoms with Crippen LogP contribution in [-0.2, 0) is 16.0 Å². The average molecular weight is 237 g/mol. The van der Waals surface area contributed by atoms with Crippen molar-refractivity contribution in [3.8, 4) is 0 Å². The molecule has 1 saturated carbocycles. The van der Waals surface area contributed by atoms with Crippen molar-refractivity contribution in [3.05, 3.63) is 24.2 Å². The van der Waals surface area contributed by atoms with Gasteiger partial charge in [-0.1, -0.05) is 6.42 Å². The highest BCUT2D eigenvalue weighted by Crippen LogP contribution is 2.41. The van der Waals surface area contributed by atoms with Gasteiger partial charge in [-0.15, -0.1) is 0 Å². The van der Waals surface area contributed by atoms with Crippen LogP contribution in [0.2, 0.25) is 0 Å². The molecule has 0 unspecified atom stereocenters. The SMILES string of the molecule is O=C(O)C1(C(=O)NCCc2ccco2)CCC1. The molecule has 1 aliphatic carbocycles. The first-order valence-electron chi connectivity index (χ1n) is 5.69. The van der Waals surface area contributed by atoms with Crippen LogP contribution in [-0.4, -0.2) is 23.5 Å². The van der Waals surface area contributed by atoms with E-state index in [1.165, 1.54) is 0 Å². The lowest BCUT2D eigenvalue weighted by molar-refractivity contribution is -0.162. The fourth-order valence-electron chi connectivity index (χ4n) is 1.99. The molecule has 1 aromatic heterocycles. The summed E-state index contributed by atoms with van der Waals surface area (Å²) in [6, 6.07) is 3.60. The minimum absolute atomic E-state index is 0.372. The zero-order valence-electron chi connectivity index (χ0n) is 9.44. The van der Waals surface area contributed by atoms with Gasteiger partial charge in [0, 0.05) is 13.0 Å². The number of rotatable bonds is 5. The maximum atomic E-state index is 11.8. The normalized spacial score (nSPS) is 17.2. The lowest BCUT2D eigenvalue weighted by Crippen LogP contribution is -2.51. The number of hydrogen-bond acceptors (Lipinski definition) is 3. The molecule has 1 aromatic rings. The number of amides is 1. The maximum absolute atomic E-state index is 11.8. The van der Waals surface area contributed by atoms with E-state index in [0.29, 0.717) is 25.8 Å². The van der Waals surface area contributed by atoms with Crippen LogP contribution in [0.5, 0.6) is 0 Å². The number of hydrogen-bond donors (Lipinski definition) is 2. The fraction of sp³-hybridized carbons (Fsp3) is 0.500. The Labute approximate surface area is 98.8 Å². The van der Waals surface area contributed by atoms with E-state index in [4.69, 9.17) is 9.52 Å². The Hall–Kier alpha value is -1.78. The summed E-state index contributed by atoms with van der Waals surface area (Å²) < 4.78 is 5.12. The molecule has 2 rings (SSSR count). The predicted molar refractivity (Wildman–Crippen MR) is 59.3 cm³/mol. The molecular weight excluding hydrogens is 222 g/mol. The molecule has 0 saturated heterocycles. The van der Waals surface area contributed by atoms with E-state index in [1.807, 2.05) is 6.07 Å². The fourth-order valence-corrected chi connectivity index (χ4v) is 1.99. The number of nitrogens with one attached hydrogen (secondary N) is 1. The van der Waals surface area contributed by atoms with Gasteiger partial charge in [-0.25, -0.2) is 0 Å². The highest BCUT2D eigenvalue weighted by Gasteiger charge is 2.50. The van der Waals surface area contributed by atoms with E-state index in [0.717, 1.165) is 12.2 Å². The Morgan fingerprint density at radius 1 is 1.47 bits per heavy atom. The highest BCUT2D eigenvalue weighted by molar-refractivity contribution is 6.02. The zero-order chi connectivity index (χ0) is 12.3. The summed E-state index contributed by atoms with van der Waals surface area (Å²) >= 11 is 0. The molecule has 2 N–H and O–H groups in total. The molecule has 0 aliphatic heterocycles. The second-order valence-electron chi connectivity index (χ2n) is 4.33. The van der Waals surface area contributed by atoms with Gasteiger partial charge in [0.2, 0.25) is 5.91 Å². The number of aliphatic carboxylic acids is 1. The summed E-state index contributed by atoms with van der Waals surface area (Å²) in [4.78, 5) is 22.9. The number of carbonyl (C=O) groups excluding carboxylic acids is 1. The third-order valence-corrected chi connectivity index (χ3v) is 3.29. The number of carboxylic acid groups (broad SMARTS) is 1. The molecule has 0 radical (unpaired) electrons. The second-order valence-corrected chi connectivity index (χ2v) is 4.33. The number of carbonyl (C=O) groups is 2. The Morgan fingerprint density at radius 2 is 2.24 bits per heavy atom. The van der Waals surface area contributed by atoms with Gasteiger partial charge in [-0.2, -0.15) is 0 Å². The van der Waals surface area contributed by atoms with Crippen LogP contribution >= 0.6 is 0 Å². The quantitative estimate of drug-likeness (QED) is 0.754. The van der Waals surface area contributed by atoms with Crippen LogP contribution in [0.4, 0.5) is 0 Å². The van der Waals surface area contributed by atoms with Crippen LogP contribution in [0.1, 0.15) is 25.0 Å². The third kappa shape index (κ3) is 2.18. The molecule has 0 aromatic carbocycles. The van der Waals surface area contributed by atoms with Crippen molar-refractivity contribution in [1.29, 1.82) is 0 Å². The lowest BCUT2D eigenvalue weighted by atomic mass is 9.68. The van der Waals surface area contributed by atoms with Gasteiger partial charge in [0.15, 0.2) is 0 Å². The molecule has 0 bridgehead atoms. The molecule has 1 fully saturated rings. The van der Waals surface area contributed by atoms with Crippen molar-refractivity contribution in [3.63, 3.8) is 0 Å². The van der Waals surface area contributed by atoms with Gasteiger partial charge >= 0.3 is 5.97 Å². The summed E-state index contributed by atoms with van der Waals surface area (Å²) in [5.74, 6) is -0.606. The highest BCUT2D eigenvalue weighted by atomic mass is 16.4. The number of furan rings is 1. The van der Waals surface area contributed by atoms with E-state index < -0.39 is 11.4 Å². The molecule has 1 heterocycles. The summed E-state index contributed by atoms with van der Waals surface area (Å²) in [5.41, 5.74) is -1.18. The van der Waals surface area contributed by atoms with Crippen LogP contribution < -0.4 is 5.32 Å². The summed E-state index contributed by atoms with van der Waals surface area (Å²) in [7, 11) is 0. The van der Waals surface area contributed by atoms with Gasteiger partial charge in [-0.05, 0) is 25.0 Å². The van der Waals surface area contributed by atoms with E-state index in [1.54, 1.807) is 12.3 Å². The number of carboxylic acids is 1. The van der Waals surface area contributed by atoms with Gasteiger partial charge < -0.3 is 14.8 Å². The molecule has 92 valence electrons. The summed E-state index contributed by atoms with van der Waals surface area (Å²) in [6.07, 6.45) is 3.83. The van der Waals surface area contributed by atoms with Crippen molar-refractivity contribution in [2.75, 3.05) is 6.54 Å². The standard InChI is InChI=1S/C12H15NO4/c14-10(12(11(15)16)5-2-6-12)13-7-4-9-3-1-8-17-9/h1,3,8H,2,4-7H2,(H,13,14)(H,15,16). The van der Waals surface area contributed by atoms with E-state index >= 15 is 0 Å². The largest absolute Gasteiger partial charge is 0.480 e. The van der Waals surface area contributed by atoms with E-state index in [2.05, 4.69) is 5.32 Å². The summed E-state index contributed by atoms with van der Waals surface area (Å²) in [6.45, 7) is 0.404. The average Bonchev–Trinajstić information content (AvgIpc) is 2.67. The third-order valence-electron chi connectivity index (χ3n) is 3.29. The van der Waals surface area contributed by atoms with Gasteiger partial charge in [0.1, 0.15) is 11.2 Å². The van der Waals surface area contributed by atoms with Crippen molar-refractivity contribution in [2.24, 2.45) is 5.41 Å². The first kappa shape index (κ1) is 11.7. The molecule has 1 aliphatic rings. The molecule has 1 amide bonds. The van der Waals surface area contributed by atoms with Crippen molar-refractivity contribution >= 4 is 11.9 Å². The topological polar surface area (TPSA) is 79.5 Å². The monoisotopic (exact) mass is 237 g/mol. The van der Waals surface area contributed by atoms with Crippen molar-refractivity contribution in [1.82, 2.24) is 5.32 Å². The molecule has 5 heteroatoms. The van der Waals surface area contributed by atoms with Crippen LogP contribution in [0.3, 0.4) is 0 Å². The molecular formula is C12H15NO4. The molecule has 17 heavy (non-hydrogen) atoms. The van der Waals surface area contributed by atoms with E-state index in [9.17, 15) is 9.59 Å². The summed E-state index contributed by atoms with van der Waals surface area (Å²) in [5, 5.41) is 11.7. The van der Waals surface area contributed by atoms with Crippen molar-refractivity contribution in [2.45, 2.75) is 25.7 Å². The van der Waals surface area contributed by atoms with Crippen molar-refractivity contribution < 1.29 is 19.1 Å². The maximum Gasteiger partial charge on any atom is 0.319 e. The van der Waals surface area contributed by atoms with Crippen LogP contribution in [0.15, 0.2) is 22.8 Å². The van der Waals surface area contributed by atoms with Crippen LogP contribution in [0.25, 0.3) is 0 Å². The Kier molecular flexibility index (Phi) is 3.17. The Bertz CT molecular complexity index is 406. The second kappa shape index (κ2) is 4.61. The van der Waals surface area contributed by atoms with Gasteiger partial charge in [-0.3, -0.25) is 9.59 Å². The zero-order valence-corrected chi connectivity index (χ0v) is 9.44. The minimum atomic E-state index is -1.18. The Balaban J connectivity index is 1.83. The molecule has 5 nitrogen and oxygen atoms in total. The van der Waals surface area contributed by atoms with E-state index in [-0.39, 0.29) is 5.91 Å². The smallest absolute Gasteiger partial charge is 0.319 e. The first-order valence-corrected chi connectivity index (χ1v) is 5.69. The van der Waals surface area contributed by atoms with Crippen LogP contribution in [0, 0.1) is 5.41 Å². The first-order chi connectivity index (χ1) is 8.15. The lowest BCUT2D eigenvalue weighted by Gasteiger charge is -2.35.